The summed E-state index contributed by atoms with van der Waals surface area (Å²) in [4.78, 5) is 0. The third kappa shape index (κ3) is 4.50. The number of rotatable bonds is 6. The van der Waals surface area contributed by atoms with E-state index in [1.165, 1.54) is 12.1 Å². The van der Waals surface area contributed by atoms with E-state index in [4.69, 9.17) is 4.74 Å². The highest BCUT2D eigenvalue weighted by Gasteiger charge is 2.36. The molecule has 0 spiro atoms. The monoisotopic (exact) mass is 430 g/mol. The summed E-state index contributed by atoms with van der Waals surface area (Å²) in [7, 11) is 0. The highest BCUT2D eigenvalue weighted by atomic mass is 19.3. The molecule has 158 valence electrons. The third-order valence-corrected chi connectivity index (χ3v) is 4.08. The number of ether oxygens (including phenoxy) is 2. The normalized spacial score (nSPS) is 11.5. The maximum atomic E-state index is 14.2. The van der Waals surface area contributed by atoms with Gasteiger partial charge in [0.25, 0.3) is 0 Å². The van der Waals surface area contributed by atoms with Crippen molar-refractivity contribution in [3.05, 3.63) is 94.3 Å². The van der Waals surface area contributed by atoms with Gasteiger partial charge < -0.3 is 9.47 Å². The zero-order valence-corrected chi connectivity index (χ0v) is 15.3. The molecule has 3 rings (SSSR count). The van der Waals surface area contributed by atoms with Gasteiger partial charge in [-0.3, -0.25) is 0 Å². The Morgan fingerprint density at radius 2 is 1.27 bits per heavy atom. The van der Waals surface area contributed by atoms with Gasteiger partial charge in [0.2, 0.25) is 11.6 Å². The second-order valence-electron chi connectivity index (χ2n) is 6.34. The van der Waals surface area contributed by atoms with Gasteiger partial charge in [0.15, 0.2) is 29.0 Å². The van der Waals surface area contributed by atoms with Crippen molar-refractivity contribution in [2.75, 3.05) is 0 Å². The fraction of sp³-hybridized carbons (Fsp3) is 0.143. The van der Waals surface area contributed by atoms with Crippen molar-refractivity contribution in [1.82, 2.24) is 0 Å². The van der Waals surface area contributed by atoms with Crippen molar-refractivity contribution >= 4 is 0 Å². The summed E-state index contributed by atoms with van der Waals surface area (Å²) < 4.78 is 105. The Bertz CT molecular complexity index is 1040. The molecule has 0 saturated carbocycles. The number of hydrogen-bond donors (Lipinski definition) is 0. The van der Waals surface area contributed by atoms with Gasteiger partial charge in [-0.15, -0.1) is 0 Å². The average molecular weight is 430 g/mol. The van der Waals surface area contributed by atoms with Crippen LogP contribution in [0, 0.1) is 36.0 Å². The van der Waals surface area contributed by atoms with Crippen LogP contribution in [0.15, 0.2) is 48.5 Å². The molecule has 0 radical (unpaired) electrons. The average Bonchev–Trinajstić information content (AvgIpc) is 2.69. The molecular formula is C21H13F7O2. The van der Waals surface area contributed by atoms with Gasteiger partial charge >= 0.3 is 6.11 Å². The maximum Gasteiger partial charge on any atom is 0.426 e. The Kier molecular flexibility index (Phi) is 5.91. The lowest BCUT2D eigenvalue weighted by atomic mass is 10.1. The van der Waals surface area contributed by atoms with Crippen molar-refractivity contribution in [3.8, 4) is 11.5 Å². The first kappa shape index (κ1) is 21.5. The summed E-state index contributed by atoms with van der Waals surface area (Å²) in [6.45, 7) is 1.05. The minimum absolute atomic E-state index is 0.197. The minimum atomic E-state index is -3.94. The zero-order valence-electron chi connectivity index (χ0n) is 15.3. The Morgan fingerprint density at radius 1 is 0.733 bits per heavy atom. The molecule has 0 bridgehead atoms. The molecule has 0 saturated heterocycles. The van der Waals surface area contributed by atoms with Crippen molar-refractivity contribution < 1.29 is 40.2 Å². The lowest BCUT2D eigenvalue weighted by Crippen LogP contribution is -2.22. The fourth-order valence-electron chi connectivity index (χ4n) is 2.50. The van der Waals surface area contributed by atoms with Crippen molar-refractivity contribution in [3.63, 3.8) is 0 Å². The van der Waals surface area contributed by atoms with Crippen molar-refractivity contribution in [2.45, 2.75) is 19.6 Å². The molecule has 0 aromatic heterocycles. The number of alkyl halides is 2. The summed E-state index contributed by atoms with van der Waals surface area (Å²) in [6, 6.07) is 7.75. The molecule has 3 aromatic rings. The lowest BCUT2D eigenvalue weighted by Gasteiger charge is -2.19. The maximum absolute atomic E-state index is 14.2. The van der Waals surface area contributed by atoms with Crippen LogP contribution in [0.3, 0.4) is 0 Å². The van der Waals surface area contributed by atoms with Crippen LogP contribution in [0.2, 0.25) is 0 Å². The highest BCUT2D eigenvalue weighted by Crippen LogP contribution is 2.35. The predicted octanol–water partition coefficient (Wildman–Crippen LogP) is 6.40. The quantitative estimate of drug-likeness (QED) is 0.333. The van der Waals surface area contributed by atoms with E-state index in [9.17, 15) is 30.7 Å². The van der Waals surface area contributed by atoms with E-state index in [1.807, 2.05) is 0 Å². The number of aryl methyl sites for hydroxylation is 1. The number of hydrogen-bond acceptors (Lipinski definition) is 2. The molecule has 2 nitrogen and oxygen atoms in total. The molecule has 0 aliphatic carbocycles. The van der Waals surface area contributed by atoms with Gasteiger partial charge in [-0.1, -0.05) is 17.7 Å². The zero-order chi connectivity index (χ0) is 22.1. The van der Waals surface area contributed by atoms with Crippen LogP contribution in [0.4, 0.5) is 30.7 Å². The molecular weight excluding hydrogens is 417 g/mol. The van der Waals surface area contributed by atoms with Gasteiger partial charge in [0.1, 0.15) is 6.61 Å². The number of benzene rings is 3. The molecule has 0 aliphatic heterocycles. The molecule has 3 aromatic carbocycles. The molecule has 0 heterocycles. The Morgan fingerprint density at radius 3 is 1.87 bits per heavy atom. The first-order valence-corrected chi connectivity index (χ1v) is 8.46. The second-order valence-corrected chi connectivity index (χ2v) is 6.34. The molecule has 0 aliphatic rings. The Labute approximate surface area is 166 Å². The van der Waals surface area contributed by atoms with Gasteiger partial charge in [0, 0.05) is 0 Å². The van der Waals surface area contributed by atoms with Gasteiger partial charge in [-0.2, -0.15) is 17.6 Å². The number of halogens is 7. The molecule has 0 N–H and O–H groups in total. The van der Waals surface area contributed by atoms with Crippen LogP contribution in [-0.2, 0) is 12.7 Å². The van der Waals surface area contributed by atoms with Crippen LogP contribution < -0.4 is 9.47 Å². The van der Waals surface area contributed by atoms with E-state index in [0.717, 1.165) is 24.3 Å². The largest absolute Gasteiger partial charge is 0.486 e. The van der Waals surface area contributed by atoms with Crippen molar-refractivity contribution in [1.29, 1.82) is 0 Å². The van der Waals surface area contributed by atoms with Crippen molar-refractivity contribution in [2.24, 2.45) is 0 Å². The van der Waals surface area contributed by atoms with E-state index in [0.29, 0.717) is 17.7 Å². The minimum Gasteiger partial charge on any atom is -0.486 e. The molecule has 30 heavy (non-hydrogen) atoms. The molecule has 0 unspecified atom stereocenters. The predicted molar refractivity (Wildman–Crippen MR) is 92.7 cm³/mol. The standard InChI is InChI=1S/C21H13F7O2/c1-11-2-4-13(5-3-11)21(27,28)30-17-7-6-16(19(25)20(17)26)29-10-12-8-14(22)18(24)15(23)9-12/h2-9H,10H2,1H3. The van der Waals surface area contributed by atoms with Crippen LogP contribution in [0.5, 0.6) is 11.5 Å². The molecule has 0 amide bonds. The highest BCUT2D eigenvalue weighted by molar-refractivity contribution is 5.36. The van der Waals surface area contributed by atoms with Crippen LogP contribution in [-0.4, -0.2) is 0 Å². The van der Waals surface area contributed by atoms with Crippen LogP contribution in [0.25, 0.3) is 0 Å². The lowest BCUT2D eigenvalue weighted by molar-refractivity contribution is -0.187. The van der Waals surface area contributed by atoms with Crippen LogP contribution >= 0.6 is 0 Å². The van der Waals surface area contributed by atoms with Gasteiger partial charge in [-0.05, 0) is 48.9 Å². The summed E-state index contributed by atoms with van der Waals surface area (Å²) in [5.41, 5.74) is -0.0415. The Hall–Kier alpha value is -3.23. The summed E-state index contributed by atoms with van der Waals surface area (Å²) in [5, 5.41) is 0. The Balaban J connectivity index is 1.77. The molecule has 9 heteroatoms. The summed E-state index contributed by atoms with van der Waals surface area (Å²) in [6.07, 6.45) is -3.94. The summed E-state index contributed by atoms with van der Waals surface area (Å²) >= 11 is 0. The van der Waals surface area contributed by atoms with Gasteiger partial charge in [0.05, 0.1) is 5.56 Å². The SMILES string of the molecule is Cc1ccc(C(F)(F)Oc2ccc(OCc3cc(F)c(F)c(F)c3)c(F)c2F)cc1. The van der Waals surface area contributed by atoms with Crippen LogP contribution in [0.1, 0.15) is 16.7 Å². The smallest absolute Gasteiger partial charge is 0.426 e. The van der Waals surface area contributed by atoms with E-state index in [-0.39, 0.29) is 5.56 Å². The van der Waals surface area contributed by atoms with E-state index >= 15 is 0 Å². The first-order valence-electron chi connectivity index (χ1n) is 8.46. The molecule has 0 atom stereocenters. The topological polar surface area (TPSA) is 18.5 Å². The van der Waals surface area contributed by atoms with E-state index in [1.54, 1.807) is 6.92 Å². The second kappa shape index (κ2) is 8.25. The molecule has 0 fully saturated rings. The summed E-state index contributed by atoms with van der Waals surface area (Å²) in [5.74, 6) is -9.82. The first-order chi connectivity index (χ1) is 14.1. The van der Waals surface area contributed by atoms with E-state index < -0.39 is 58.9 Å². The third-order valence-electron chi connectivity index (χ3n) is 4.08. The van der Waals surface area contributed by atoms with E-state index in [2.05, 4.69) is 4.74 Å². The van der Waals surface area contributed by atoms with Gasteiger partial charge in [-0.25, -0.2) is 13.2 Å². The fourth-order valence-corrected chi connectivity index (χ4v) is 2.50.